The van der Waals surface area contributed by atoms with Crippen molar-refractivity contribution in [2.75, 3.05) is 0 Å². The smallest absolute Gasteiger partial charge is 0.235 e. The summed E-state index contributed by atoms with van der Waals surface area (Å²) in [5.74, 6) is 0.648. The summed E-state index contributed by atoms with van der Waals surface area (Å²) in [6, 6.07) is 55.4. The summed E-state index contributed by atoms with van der Waals surface area (Å²) in [5.41, 5.74) is 9.51. The molecular weight excluding hydrogens is 605 g/mol. The first kappa shape index (κ1) is 27.0. The number of nitrogens with zero attached hydrogens (tertiary/aromatic N) is 4. The highest BCUT2D eigenvalue weighted by Gasteiger charge is 2.21. The quantitative estimate of drug-likeness (QED) is 0.194. The van der Waals surface area contributed by atoms with Gasteiger partial charge < -0.3 is 0 Å². The summed E-state index contributed by atoms with van der Waals surface area (Å²) in [4.78, 5) is 15.7. The van der Waals surface area contributed by atoms with Crippen LogP contribution in [0, 0.1) is 0 Å². The Bertz CT molecular complexity index is 2830. The third kappa shape index (κ3) is 4.18. The minimum absolute atomic E-state index is 0.648. The molecule has 0 N–H and O–H groups in total. The van der Waals surface area contributed by atoms with Gasteiger partial charge in [-0.1, -0.05) is 133 Å². The second-order valence-corrected chi connectivity index (χ2v) is 13.0. The minimum Gasteiger partial charge on any atom is -0.276 e. The maximum absolute atomic E-state index is 5.37. The molecule has 0 saturated heterocycles. The fourth-order valence-electron chi connectivity index (χ4n) is 7.02. The van der Waals surface area contributed by atoms with E-state index in [0.717, 1.165) is 54.0 Å². The van der Waals surface area contributed by atoms with E-state index < -0.39 is 0 Å². The lowest BCUT2D eigenvalue weighted by Crippen LogP contribution is -2.03. The number of hydrogen-bond acceptors (Lipinski definition) is 4. The standard InChI is InChI=1S/C43H26N4S/c1-2-12-30(13-3-1)42-44-37-26-25-34-33-16-7-9-20-38(33)47(40(34)41(37)48-42)43-45-36-19-8-6-17-35(36)39(46-43)29-23-21-28(22-24-29)32-18-10-14-27-11-4-5-15-31(27)32/h1-26H. The molecule has 0 aliphatic rings. The minimum atomic E-state index is 0.648. The van der Waals surface area contributed by atoms with Gasteiger partial charge in [-0.25, -0.2) is 15.0 Å². The van der Waals surface area contributed by atoms with Gasteiger partial charge >= 0.3 is 0 Å². The third-order valence-electron chi connectivity index (χ3n) is 9.26. The van der Waals surface area contributed by atoms with E-state index in [1.165, 1.54) is 32.7 Å². The molecule has 3 aromatic heterocycles. The zero-order chi connectivity index (χ0) is 31.6. The van der Waals surface area contributed by atoms with Crippen LogP contribution in [0.3, 0.4) is 0 Å². The van der Waals surface area contributed by atoms with Crippen LogP contribution in [0.15, 0.2) is 158 Å². The molecule has 0 unspecified atom stereocenters. The first-order valence-electron chi connectivity index (χ1n) is 16.0. The summed E-state index contributed by atoms with van der Waals surface area (Å²) in [5, 5.41) is 6.85. The van der Waals surface area contributed by atoms with E-state index in [1.54, 1.807) is 11.3 Å². The highest BCUT2D eigenvalue weighted by molar-refractivity contribution is 7.22. The average Bonchev–Trinajstić information content (AvgIpc) is 3.74. The summed E-state index contributed by atoms with van der Waals surface area (Å²) >= 11 is 1.72. The largest absolute Gasteiger partial charge is 0.276 e. The maximum Gasteiger partial charge on any atom is 0.235 e. The number of para-hydroxylation sites is 2. The van der Waals surface area contributed by atoms with E-state index in [9.17, 15) is 0 Å². The molecule has 0 atom stereocenters. The van der Waals surface area contributed by atoms with E-state index in [1.807, 2.05) is 12.1 Å². The van der Waals surface area contributed by atoms with Crippen LogP contribution in [0.4, 0.5) is 0 Å². The van der Waals surface area contributed by atoms with Crippen molar-refractivity contribution in [2.45, 2.75) is 0 Å². The monoisotopic (exact) mass is 630 g/mol. The van der Waals surface area contributed by atoms with E-state index in [4.69, 9.17) is 15.0 Å². The molecule has 0 radical (unpaired) electrons. The van der Waals surface area contributed by atoms with Crippen molar-refractivity contribution in [3.05, 3.63) is 158 Å². The molecule has 224 valence electrons. The van der Waals surface area contributed by atoms with E-state index >= 15 is 0 Å². The van der Waals surface area contributed by atoms with E-state index in [2.05, 4.69) is 150 Å². The summed E-state index contributed by atoms with van der Waals surface area (Å²) < 4.78 is 3.36. The Morgan fingerprint density at radius 3 is 2.02 bits per heavy atom. The predicted octanol–water partition coefficient (Wildman–Crippen LogP) is 11.5. The lowest BCUT2D eigenvalue weighted by atomic mass is 9.96. The molecule has 4 nitrogen and oxygen atoms in total. The number of hydrogen-bond donors (Lipinski definition) is 0. The lowest BCUT2D eigenvalue weighted by molar-refractivity contribution is 1.02. The van der Waals surface area contributed by atoms with Gasteiger partial charge in [0.15, 0.2) is 0 Å². The van der Waals surface area contributed by atoms with Gasteiger partial charge in [-0.05, 0) is 46.2 Å². The Morgan fingerprint density at radius 2 is 1.15 bits per heavy atom. The molecule has 10 aromatic rings. The zero-order valence-corrected chi connectivity index (χ0v) is 26.5. The molecular formula is C43H26N4S. The van der Waals surface area contributed by atoms with Crippen LogP contribution in [0.25, 0.3) is 92.6 Å². The Kier molecular flexibility index (Phi) is 6.01. The number of benzene rings is 7. The van der Waals surface area contributed by atoms with Crippen molar-refractivity contribution >= 4 is 65.0 Å². The van der Waals surface area contributed by atoms with Crippen LogP contribution in [-0.2, 0) is 0 Å². The highest BCUT2D eigenvalue weighted by atomic mass is 32.1. The first-order valence-corrected chi connectivity index (χ1v) is 16.9. The Morgan fingerprint density at radius 1 is 0.438 bits per heavy atom. The maximum atomic E-state index is 5.37. The molecule has 0 fully saturated rings. The molecule has 0 amide bonds. The molecule has 48 heavy (non-hydrogen) atoms. The molecule has 3 heterocycles. The van der Waals surface area contributed by atoms with Crippen molar-refractivity contribution in [1.29, 1.82) is 0 Å². The molecule has 0 bridgehead atoms. The van der Waals surface area contributed by atoms with E-state index in [-0.39, 0.29) is 0 Å². The van der Waals surface area contributed by atoms with Gasteiger partial charge in [0.25, 0.3) is 0 Å². The topological polar surface area (TPSA) is 43.6 Å². The zero-order valence-electron chi connectivity index (χ0n) is 25.7. The van der Waals surface area contributed by atoms with Gasteiger partial charge in [0.2, 0.25) is 5.95 Å². The number of thiazole rings is 1. The fraction of sp³-hybridized carbons (Fsp3) is 0. The van der Waals surface area contributed by atoms with Crippen molar-refractivity contribution < 1.29 is 0 Å². The summed E-state index contributed by atoms with van der Waals surface area (Å²) in [6.07, 6.45) is 0. The SMILES string of the molecule is c1ccc(-c2nc3ccc4c5ccccc5n(-c5nc(-c6ccc(-c7cccc8ccccc78)cc6)c6ccccc6n5)c4c3s2)cc1. The Balaban J connectivity index is 1.20. The van der Waals surface area contributed by atoms with Crippen LogP contribution < -0.4 is 0 Å². The number of fused-ring (bicyclic) bond motifs is 7. The Hall–Kier alpha value is -6.17. The first-order chi connectivity index (χ1) is 23.8. The number of rotatable bonds is 4. The van der Waals surface area contributed by atoms with E-state index in [0.29, 0.717) is 5.95 Å². The lowest BCUT2D eigenvalue weighted by Gasteiger charge is -2.13. The summed E-state index contributed by atoms with van der Waals surface area (Å²) in [7, 11) is 0. The van der Waals surface area contributed by atoms with Gasteiger partial charge in [-0.2, -0.15) is 0 Å². The van der Waals surface area contributed by atoms with Gasteiger partial charge in [0.1, 0.15) is 5.01 Å². The van der Waals surface area contributed by atoms with Crippen LogP contribution in [0.2, 0.25) is 0 Å². The molecule has 7 aromatic carbocycles. The van der Waals surface area contributed by atoms with Gasteiger partial charge in [0, 0.05) is 27.3 Å². The molecule has 10 rings (SSSR count). The predicted molar refractivity (Wildman–Crippen MR) is 201 cm³/mol. The molecule has 5 heteroatoms. The second-order valence-electron chi connectivity index (χ2n) is 12.0. The average molecular weight is 631 g/mol. The third-order valence-corrected chi connectivity index (χ3v) is 10.4. The van der Waals surface area contributed by atoms with Gasteiger partial charge in [-0.15, -0.1) is 11.3 Å². The van der Waals surface area contributed by atoms with Crippen molar-refractivity contribution in [2.24, 2.45) is 0 Å². The van der Waals surface area contributed by atoms with Gasteiger partial charge in [-0.3, -0.25) is 4.57 Å². The number of aromatic nitrogens is 4. The van der Waals surface area contributed by atoms with Crippen LogP contribution in [0.5, 0.6) is 0 Å². The molecule has 0 spiro atoms. The molecule has 0 saturated carbocycles. The molecule has 0 aliphatic heterocycles. The Labute approximate surface area is 280 Å². The normalized spacial score (nSPS) is 11.8. The van der Waals surface area contributed by atoms with Crippen molar-refractivity contribution in [1.82, 2.24) is 19.5 Å². The van der Waals surface area contributed by atoms with Crippen LogP contribution in [-0.4, -0.2) is 19.5 Å². The fourth-order valence-corrected chi connectivity index (χ4v) is 8.12. The summed E-state index contributed by atoms with van der Waals surface area (Å²) in [6.45, 7) is 0. The highest BCUT2D eigenvalue weighted by Crippen LogP contribution is 2.41. The second kappa shape index (κ2) is 10.7. The van der Waals surface area contributed by atoms with Crippen molar-refractivity contribution in [3.8, 4) is 38.9 Å². The van der Waals surface area contributed by atoms with Crippen molar-refractivity contribution in [3.63, 3.8) is 0 Å². The van der Waals surface area contributed by atoms with Crippen LogP contribution >= 0.6 is 11.3 Å². The molecule has 0 aliphatic carbocycles. The van der Waals surface area contributed by atoms with Gasteiger partial charge in [0.05, 0.1) is 32.5 Å². The van der Waals surface area contributed by atoms with Crippen LogP contribution in [0.1, 0.15) is 0 Å².